The Labute approximate surface area is 84.8 Å². The van der Waals surface area contributed by atoms with Crippen molar-refractivity contribution in [3.63, 3.8) is 0 Å². The molecule has 0 aromatic heterocycles. The molecule has 1 aliphatic carbocycles. The highest BCUT2D eigenvalue weighted by Crippen LogP contribution is 2.39. The van der Waals surface area contributed by atoms with Crippen molar-refractivity contribution in [3.8, 4) is 0 Å². The number of carbonyl (C=O) groups excluding carboxylic acids is 1. The summed E-state index contributed by atoms with van der Waals surface area (Å²) in [5.74, 6) is 0.595. The van der Waals surface area contributed by atoms with Crippen LogP contribution in [0.25, 0.3) is 0 Å². The summed E-state index contributed by atoms with van der Waals surface area (Å²) in [7, 11) is 0. The van der Waals surface area contributed by atoms with Gasteiger partial charge in [0.05, 0.1) is 13.2 Å². The van der Waals surface area contributed by atoms with Crippen LogP contribution in [0.4, 0.5) is 0 Å². The minimum Gasteiger partial charge on any atom is -0.348 e. The quantitative estimate of drug-likeness (QED) is 0.679. The largest absolute Gasteiger partial charge is 0.348 e. The minimum atomic E-state index is -0.271. The van der Waals surface area contributed by atoms with Crippen LogP contribution in [0.5, 0.6) is 0 Å². The highest BCUT2D eigenvalue weighted by Gasteiger charge is 2.40. The predicted octanol–water partition coefficient (Wildman–Crippen LogP) is 1.90. The van der Waals surface area contributed by atoms with Gasteiger partial charge in [-0.15, -0.1) is 0 Å². The summed E-state index contributed by atoms with van der Waals surface area (Å²) < 4.78 is 11.3. The second-order valence-corrected chi connectivity index (χ2v) is 4.46. The van der Waals surface area contributed by atoms with Gasteiger partial charge in [0.25, 0.3) is 0 Å². The molecule has 1 spiro atoms. The van der Waals surface area contributed by atoms with E-state index in [9.17, 15) is 4.79 Å². The molecule has 1 saturated heterocycles. The van der Waals surface area contributed by atoms with Gasteiger partial charge in [-0.2, -0.15) is 0 Å². The lowest BCUT2D eigenvalue weighted by molar-refractivity contribution is -0.183. The average Bonchev–Trinajstić information content (AvgIpc) is 2.58. The second kappa shape index (κ2) is 3.99. The van der Waals surface area contributed by atoms with Crippen LogP contribution in [-0.2, 0) is 14.3 Å². The summed E-state index contributed by atoms with van der Waals surface area (Å²) in [5, 5.41) is 0. The molecular weight excluding hydrogens is 180 g/mol. The van der Waals surface area contributed by atoms with Crippen LogP contribution in [0.1, 0.15) is 39.0 Å². The number of Topliss-reactive ketones (excluding diaryl/α,β-unsaturated/α-hetero) is 1. The Hall–Kier alpha value is -0.410. The third kappa shape index (κ3) is 2.15. The molecule has 0 N–H and O–H groups in total. The van der Waals surface area contributed by atoms with E-state index >= 15 is 0 Å². The van der Waals surface area contributed by atoms with Crippen molar-refractivity contribution in [2.45, 2.75) is 44.8 Å². The third-order valence-electron chi connectivity index (χ3n) is 3.26. The van der Waals surface area contributed by atoms with Crippen molar-refractivity contribution in [2.24, 2.45) is 5.92 Å². The van der Waals surface area contributed by atoms with Crippen molar-refractivity contribution < 1.29 is 14.3 Å². The van der Waals surface area contributed by atoms with Gasteiger partial charge in [0.1, 0.15) is 5.78 Å². The van der Waals surface area contributed by atoms with Crippen LogP contribution in [0.3, 0.4) is 0 Å². The summed E-state index contributed by atoms with van der Waals surface area (Å²) in [5.41, 5.74) is 0. The van der Waals surface area contributed by atoms with Crippen LogP contribution >= 0.6 is 0 Å². The van der Waals surface area contributed by atoms with Crippen molar-refractivity contribution in [2.75, 3.05) is 13.2 Å². The first-order valence-corrected chi connectivity index (χ1v) is 5.48. The fraction of sp³-hybridized carbons (Fsp3) is 0.909. The Kier molecular flexibility index (Phi) is 2.88. The summed E-state index contributed by atoms with van der Waals surface area (Å²) in [6.45, 7) is 3.14. The van der Waals surface area contributed by atoms with Crippen LogP contribution in [0, 0.1) is 5.92 Å². The number of carbonyl (C=O) groups is 1. The Balaban J connectivity index is 1.82. The summed E-state index contributed by atoms with van der Waals surface area (Å²) in [6.07, 6.45) is 4.80. The van der Waals surface area contributed by atoms with Crippen LogP contribution in [-0.4, -0.2) is 24.8 Å². The molecule has 1 aliphatic heterocycles. The highest BCUT2D eigenvalue weighted by atomic mass is 16.7. The van der Waals surface area contributed by atoms with Gasteiger partial charge in [-0.1, -0.05) is 0 Å². The number of ketones is 1. The molecule has 0 bridgehead atoms. The molecule has 0 unspecified atom stereocenters. The highest BCUT2D eigenvalue weighted by molar-refractivity contribution is 5.75. The molecule has 0 radical (unpaired) electrons. The Morgan fingerprint density at radius 3 is 2.36 bits per heavy atom. The van der Waals surface area contributed by atoms with Gasteiger partial charge in [-0.05, 0) is 25.7 Å². The maximum atomic E-state index is 11.0. The lowest BCUT2D eigenvalue weighted by Gasteiger charge is -2.35. The SMILES string of the molecule is CC(=O)CC1CCC2(CC1)OCCO2. The molecule has 2 fully saturated rings. The van der Waals surface area contributed by atoms with Crippen molar-refractivity contribution in [1.82, 2.24) is 0 Å². The van der Waals surface area contributed by atoms with Gasteiger partial charge >= 0.3 is 0 Å². The monoisotopic (exact) mass is 198 g/mol. The molecule has 14 heavy (non-hydrogen) atoms. The van der Waals surface area contributed by atoms with E-state index in [-0.39, 0.29) is 5.79 Å². The zero-order valence-corrected chi connectivity index (χ0v) is 8.75. The molecule has 3 heteroatoms. The Morgan fingerprint density at radius 1 is 1.29 bits per heavy atom. The lowest BCUT2D eigenvalue weighted by atomic mass is 9.82. The number of hydrogen-bond donors (Lipinski definition) is 0. The minimum absolute atomic E-state index is 0.271. The molecule has 80 valence electrons. The standard InChI is InChI=1S/C11H18O3/c1-9(12)8-10-2-4-11(5-3-10)13-6-7-14-11/h10H,2-8H2,1H3. The first-order chi connectivity index (χ1) is 6.70. The lowest BCUT2D eigenvalue weighted by Crippen LogP contribution is -2.35. The van der Waals surface area contributed by atoms with Gasteiger partial charge < -0.3 is 14.3 Å². The maximum Gasteiger partial charge on any atom is 0.168 e. The van der Waals surface area contributed by atoms with E-state index in [0.29, 0.717) is 11.7 Å². The topological polar surface area (TPSA) is 35.5 Å². The summed E-state index contributed by atoms with van der Waals surface area (Å²) >= 11 is 0. The average molecular weight is 198 g/mol. The first kappa shape index (κ1) is 10.1. The van der Waals surface area contributed by atoms with Crippen molar-refractivity contribution in [1.29, 1.82) is 0 Å². The molecule has 0 aromatic rings. The van der Waals surface area contributed by atoms with Crippen LogP contribution in [0.15, 0.2) is 0 Å². The fourth-order valence-electron chi connectivity index (χ4n) is 2.51. The third-order valence-corrected chi connectivity index (χ3v) is 3.26. The number of ether oxygens (including phenoxy) is 2. The van der Waals surface area contributed by atoms with E-state index < -0.39 is 0 Å². The molecule has 0 aromatic carbocycles. The fourth-order valence-corrected chi connectivity index (χ4v) is 2.51. The molecule has 1 heterocycles. The van der Waals surface area contributed by atoms with Crippen molar-refractivity contribution in [3.05, 3.63) is 0 Å². The zero-order chi connectivity index (χ0) is 10.0. The second-order valence-electron chi connectivity index (χ2n) is 4.46. The van der Waals surface area contributed by atoms with E-state index in [1.54, 1.807) is 6.92 Å². The Morgan fingerprint density at radius 2 is 1.86 bits per heavy atom. The van der Waals surface area contributed by atoms with Gasteiger partial charge in [0.2, 0.25) is 0 Å². The van der Waals surface area contributed by atoms with E-state index in [2.05, 4.69) is 0 Å². The molecule has 2 aliphatic rings. The smallest absolute Gasteiger partial charge is 0.168 e. The van der Waals surface area contributed by atoms with Gasteiger partial charge in [-0.25, -0.2) is 0 Å². The van der Waals surface area contributed by atoms with Gasteiger partial charge in [-0.3, -0.25) is 0 Å². The molecular formula is C11H18O3. The maximum absolute atomic E-state index is 11.0. The van der Waals surface area contributed by atoms with E-state index in [4.69, 9.17) is 9.47 Å². The van der Waals surface area contributed by atoms with Crippen LogP contribution in [0.2, 0.25) is 0 Å². The molecule has 0 atom stereocenters. The summed E-state index contributed by atoms with van der Waals surface area (Å²) in [6, 6.07) is 0. The van der Waals surface area contributed by atoms with Crippen molar-refractivity contribution >= 4 is 5.78 Å². The normalized spacial score (nSPS) is 26.9. The molecule has 3 nitrogen and oxygen atoms in total. The summed E-state index contributed by atoms with van der Waals surface area (Å²) in [4.78, 5) is 11.0. The Bertz CT molecular complexity index is 209. The number of hydrogen-bond acceptors (Lipinski definition) is 3. The molecule has 2 rings (SSSR count). The predicted molar refractivity (Wildman–Crippen MR) is 51.9 cm³/mol. The first-order valence-electron chi connectivity index (χ1n) is 5.48. The van der Waals surface area contributed by atoms with E-state index in [1.165, 1.54) is 0 Å². The van der Waals surface area contributed by atoms with E-state index in [0.717, 1.165) is 45.3 Å². The van der Waals surface area contributed by atoms with Gasteiger partial charge in [0.15, 0.2) is 5.79 Å². The molecule has 0 amide bonds. The van der Waals surface area contributed by atoms with Crippen LogP contribution < -0.4 is 0 Å². The number of rotatable bonds is 2. The van der Waals surface area contributed by atoms with E-state index in [1.807, 2.05) is 0 Å². The zero-order valence-electron chi connectivity index (χ0n) is 8.75. The molecule has 1 saturated carbocycles. The van der Waals surface area contributed by atoms with Gasteiger partial charge in [0, 0.05) is 19.3 Å².